The molecule has 0 spiro atoms. The molecule has 2 aromatic carbocycles. The first kappa shape index (κ1) is 18.1. The van der Waals surface area contributed by atoms with Gasteiger partial charge in [0.2, 0.25) is 0 Å². The zero-order chi connectivity index (χ0) is 18.7. The van der Waals surface area contributed by atoms with Gasteiger partial charge in [0.25, 0.3) is 11.6 Å². The molecule has 3 rings (SSSR count). The highest BCUT2D eigenvalue weighted by Crippen LogP contribution is 2.34. The summed E-state index contributed by atoms with van der Waals surface area (Å²) in [6.07, 6.45) is 1.39. The smallest absolute Gasteiger partial charge is 0.280 e. The molecular formula is C17H13N3O4S2. The third-order valence-electron chi connectivity index (χ3n) is 3.59. The summed E-state index contributed by atoms with van der Waals surface area (Å²) >= 11 is 6.28. The lowest BCUT2D eigenvalue weighted by atomic mass is 10.1. The molecule has 0 bridgehead atoms. The van der Waals surface area contributed by atoms with Crippen LogP contribution in [0.2, 0.25) is 0 Å². The Morgan fingerprint density at radius 1 is 1.27 bits per heavy atom. The van der Waals surface area contributed by atoms with Crippen molar-refractivity contribution in [2.45, 2.75) is 6.54 Å². The Balaban J connectivity index is 1.79. The normalized spacial score (nSPS) is 15.7. The summed E-state index contributed by atoms with van der Waals surface area (Å²) in [5.41, 5.74) is 3.96. The number of carbonyl (C=O) groups excluding carboxylic acids is 1. The van der Waals surface area contributed by atoms with Crippen molar-refractivity contribution in [2.24, 2.45) is 0 Å². The number of thiocarbonyl (C=S) groups is 1. The number of rotatable bonds is 5. The summed E-state index contributed by atoms with van der Waals surface area (Å²) in [5.74, 6) is -0.528. The quantitative estimate of drug-likeness (QED) is 0.352. The van der Waals surface area contributed by atoms with Crippen LogP contribution in [0.25, 0.3) is 6.08 Å². The number of phenolic OH excluding ortho intramolecular Hbond substituents is 1. The predicted octanol–water partition coefficient (Wildman–Crippen LogP) is 3.21. The number of nitrogens with one attached hydrogen (secondary N) is 1. The number of nitro groups is 1. The van der Waals surface area contributed by atoms with Crippen molar-refractivity contribution in [3.63, 3.8) is 0 Å². The minimum Gasteiger partial charge on any atom is -0.507 e. The van der Waals surface area contributed by atoms with E-state index < -0.39 is 4.92 Å². The van der Waals surface area contributed by atoms with Gasteiger partial charge in [-0.25, -0.2) is 10.4 Å². The lowest BCUT2D eigenvalue weighted by molar-refractivity contribution is -0.384. The third-order valence-corrected chi connectivity index (χ3v) is 4.89. The fraction of sp³-hybridized carbons (Fsp3) is 0.0588. The van der Waals surface area contributed by atoms with Gasteiger partial charge in [0.05, 0.1) is 9.83 Å². The second-order valence-corrected chi connectivity index (χ2v) is 7.01. The number of hydrogen-bond acceptors (Lipinski definition) is 7. The van der Waals surface area contributed by atoms with Crippen LogP contribution in [0.3, 0.4) is 0 Å². The molecule has 0 atom stereocenters. The molecule has 0 saturated carbocycles. The van der Waals surface area contributed by atoms with E-state index >= 15 is 0 Å². The van der Waals surface area contributed by atoms with Crippen molar-refractivity contribution in [1.82, 2.24) is 10.4 Å². The van der Waals surface area contributed by atoms with Gasteiger partial charge in [0, 0.05) is 24.2 Å². The number of hydrazine groups is 1. The van der Waals surface area contributed by atoms with Gasteiger partial charge in [-0.2, -0.15) is 0 Å². The minimum atomic E-state index is -0.566. The molecule has 1 fully saturated rings. The average Bonchev–Trinajstić information content (AvgIpc) is 2.89. The van der Waals surface area contributed by atoms with E-state index in [4.69, 9.17) is 12.2 Å². The lowest BCUT2D eigenvalue weighted by Gasteiger charge is -2.15. The SMILES string of the molecule is O=C1/C(=C\c2cc([N+](=O)[O-])ccc2O)SC(=S)N1NCc1ccccc1. The monoisotopic (exact) mass is 387 g/mol. The molecule has 0 unspecified atom stereocenters. The number of benzene rings is 2. The van der Waals surface area contributed by atoms with E-state index in [1.807, 2.05) is 30.3 Å². The van der Waals surface area contributed by atoms with Crippen LogP contribution in [0, 0.1) is 10.1 Å². The number of aromatic hydroxyl groups is 1. The first-order chi connectivity index (χ1) is 12.5. The number of thioether (sulfide) groups is 1. The summed E-state index contributed by atoms with van der Waals surface area (Å²) in [6, 6.07) is 13.1. The lowest BCUT2D eigenvalue weighted by Crippen LogP contribution is -2.40. The highest BCUT2D eigenvalue weighted by molar-refractivity contribution is 8.26. The molecule has 1 amide bonds. The van der Waals surface area contributed by atoms with Crippen molar-refractivity contribution >= 4 is 46.0 Å². The molecule has 0 aromatic heterocycles. The Hall–Kier alpha value is -2.75. The largest absolute Gasteiger partial charge is 0.507 e. The maximum absolute atomic E-state index is 12.5. The van der Waals surface area contributed by atoms with E-state index in [9.17, 15) is 20.0 Å². The fourth-order valence-electron chi connectivity index (χ4n) is 2.28. The maximum Gasteiger partial charge on any atom is 0.280 e. The topological polar surface area (TPSA) is 95.7 Å². The molecule has 26 heavy (non-hydrogen) atoms. The standard InChI is InChI=1S/C17H13N3O4S2/c21-14-7-6-13(20(23)24)8-12(14)9-15-16(22)19(17(25)26-15)18-10-11-4-2-1-3-5-11/h1-9,18,21H,10H2/b15-9+. The number of nitro benzene ring substituents is 1. The number of phenols is 1. The Morgan fingerprint density at radius 2 is 2.00 bits per heavy atom. The second kappa shape index (κ2) is 7.65. The molecule has 132 valence electrons. The first-order valence-corrected chi connectivity index (χ1v) is 8.71. The summed E-state index contributed by atoms with van der Waals surface area (Å²) in [4.78, 5) is 23.1. The number of nitrogens with zero attached hydrogens (tertiary/aromatic N) is 2. The number of carbonyl (C=O) groups is 1. The van der Waals surface area contributed by atoms with Gasteiger partial charge in [-0.05, 0) is 17.7 Å². The van der Waals surface area contributed by atoms with Gasteiger partial charge in [0.1, 0.15) is 5.75 Å². The predicted molar refractivity (Wildman–Crippen MR) is 103 cm³/mol. The van der Waals surface area contributed by atoms with Gasteiger partial charge < -0.3 is 5.11 Å². The van der Waals surface area contributed by atoms with Crippen LogP contribution in [0.5, 0.6) is 5.75 Å². The molecule has 1 aliphatic heterocycles. The fourth-order valence-corrected chi connectivity index (χ4v) is 3.49. The molecule has 1 aliphatic rings. The van der Waals surface area contributed by atoms with E-state index in [1.54, 1.807) is 0 Å². The van der Waals surface area contributed by atoms with Crippen LogP contribution in [0.4, 0.5) is 5.69 Å². The van der Waals surface area contributed by atoms with Crippen LogP contribution < -0.4 is 5.43 Å². The molecule has 2 aromatic rings. The molecule has 1 heterocycles. The summed E-state index contributed by atoms with van der Waals surface area (Å²) in [5, 5.41) is 22.0. The summed E-state index contributed by atoms with van der Waals surface area (Å²) in [7, 11) is 0. The van der Waals surface area contributed by atoms with Gasteiger partial charge in [-0.15, -0.1) is 0 Å². The Morgan fingerprint density at radius 3 is 2.69 bits per heavy atom. The van der Waals surface area contributed by atoms with E-state index in [-0.39, 0.29) is 27.8 Å². The molecule has 7 nitrogen and oxygen atoms in total. The highest BCUT2D eigenvalue weighted by atomic mass is 32.2. The van der Waals surface area contributed by atoms with Crippen molar-refractivity contribution in [3.8, 4) is 5.75 Å². The first-order valence-electron chi connectivity index (χ1n) is 7.48. The van der Waals surface area contributed by atoms with E-state index in [1.165, 1.54) is 29.3 Å². The van der Waals surface area contributed by atoms with E-state index in [0.717, 1.165) is 17.3 Å². The zero-order valence-electron chi connectivity index (χ0n) is 13.3. The van der Waals surface area contributed by atoms with Crippen molar-refractivity contribution in [2.75, 3.05) is 0 Å². The van der Waals surface area contributed by atoms with Gasteiger partial charge >= 0.3 is 0 Å². The molecule has 2 N–H and O–H groups in total. The second-order valence-electron chi connectivity index (χ2n) is 5.34. The van der Waals surface area contributed by atoms with Crippen LogP contribution in [-0.4, -0.2) is 25.3 Å². The highest BCUT2D eigenvalue weighted by Gasteiger charge is 2.32. The van der Waals surface area contributed by atoms with Gasteiger partial charge in [-0.1, -0.05) is 54.3 Å². The minimum absolute atomic E-state index is 0.155. The maximum atomic E-state index is 12.5. The van der Waals surface area contributed by atoms with Crippen LogP contribution in [0.15, 0.2) is 53.4 Å². The molecular weight excluding hydrogens is 374 g/mol. The zero-order valence-corrected chi connectivity index (χ0v) is 14.9. The van der Waals surface area contributed by atoms with Crippen molar-refractivity contribution < 1.29 is 14.8 Å². The average molecular weight is 387 g/mol. The molecule has 0 aliphatic carbocycles. The number of amides is 1. The van der Waals surface area contributed by atoms with Gasteiger partial charge in [0.15, 0.2) is 4.32 Å². The Labute approximate surface area is 158 Å². The van der Waals surface area contributed by atoms with Crippen LogP contribution in [0.1, 0.15) is 11.1 Å². The van der Waals surface area contributed by atoms with Crippen molar-refractivity contribution in [1.29, 1.82) is 0 Å². The molecule has 9 heteroatoms. The van der Waals surface area contributed by atoms with E-state index in [0.29, 0.717) is 10.9 Å². The van der Waals surface area contributed by atoms with Gasteiger partial charge in [-0.3, -0.25) is 14.9 Å². The Kier molecular flexibility index (Phi) is 5.31. The van der Waals surface area contributed by atoms with E-state index in [2.05, 4.69) is 5.43 Å². The third kappa shape index (κ3) is 3.90. The number of hydrogen-bond donors (Lipinski definition) is 2. The Bertz CT molecular complexity index is 915. The summed E-state index contributed by atoms with van der Waals surface area (Å²) < 4.78 is 0.321. The summed E-state index contributed by atoms with van der Waals surface area (Å²) in [6.45, 7) is 0.419. The van der Waals surface area contributed by atoms with Crippen LogP contribution in [-0.2, 0) is 11.3 Å². The molecule has 0 radical (unpaired) electrons. The number of non-ortho nitro benzene ring substituents is 1. The molecule has 1 saturated heterocycles. The van der Waals surface area contributed by atoms with Crippen LogP contribution >= 0.6 is 24.0 Å². The van der Waals surface area contributed by atoms with Crippen molar-refractivity contribution in [3.05, 3.63) is 74.7 Å².